The molecule has 0 fully saturated rings. The number of benzene rings is 1. The molecule has 0 spiro atoms. The molecule has 0 N–H and O–H groups in total. The van der Waals surface area contributed by atoms with Crippen LogP contribution >= 0.6 is 15.9 Å². The Morgan fingerprint density at radius 2 is 2.32 bits per heavy atom. The van der Waals surface area contributed by atoms with Crippen LogP contribution in [-0.2, 0) is 6.98 Å². The van der Waals surface area contributed by atoms with Gasteiger partial charge >= 0.3 is 0 Å². The van der Waals surface area contributed by atoms with Gasteiger partial charge in [0.1, 0.15) is 12.7 Å². The first-order valence-corrected chi connectivity index (χ1v) is 6.95. The summed E-state index contributed by atoms with van der Waals surface area (Å²) in [5.41, 5.74) is 0.482. The number of halogens is 1. The van der Waals surface area contributed by atoms with Crippen molar-refractivity contribution in [2.75, 3.05) is 7.04 Å². The molecule has 2 heterocycles. The molecule has 0 aliphatic carbocycles. The van der Waals surface area contributed by atoms with Crippen LogP contribution in [-0.4, -0.2) is 31.8 Å². The third-order valence-corrected chi connectivity index (χ3v) is 3.55. The van der Waals surface area contributed by atoms with Crippen LogP contribution in [0, 0.1) is 0 Å². The van der Waals surface area contributed by atoms with Gasteiger partial charge in [-0.25, -0.2) is 15.0 Å². The highest BCUT2D eigenvalue weighted by atomic mass is 79.9. The van der Waals surface area contributed by atoms with E-state index >= 15 is 0 Å². The van der Waals surface area contributed by atoms with Crippen LogP contribution in [0.1, 0.15) is 27.1 Å². The predicted molar refractivity (Wildman–Crippen MR) is 83.8 cm³/mol. The topological polar surface area (TPSA) is 75.0 Å². The Kier molecular flexibility index (Phi) is 2.42. The number of methoxy groups -OCH3 is 1. The van der Waals surface area contributed by atoms with Crippen molar-refractivity contribution in [3.05, 3.63) is 35.2 Å². The summed E-state index contributed by atoms with van der Waals surface area (Å²) in [5, 5.41) is 4.31. The van der Waals surface area contributed by atoms with Gasteiger partial charge in [-0.15, -0.1) is 0 Å². The molecular weight excluding hydrogens is 350 g/mol. The number of nitrogens with zero attached hydrogens (tertiary/aromatic N) is 5. The summed E-state index contributed by atoms with van der Waals surface area (Å²) in [5.74, 6) is 0.118. The quantitative estimate of drug-likeness (QED) is 0.703. The lowest BCUT2D eigenvalue weighted by atomic mass is 10.2. The lowest BCUT2D eigenvalue weighted by molar-refractivity contribution is 0.209. The van der Waals surface area contributed by atoms with Gasteiger partial charge in [-0.3, -0.25) is 4.68 Å². The van der Waals surface area contributed by atoms with E-state index in [1.165, 1.54) is 18.6 Å². The van der Waals surface area contributed by atoms with Gasteiger partial charge in [0.15, 0.2) is 23.4 Å². The monoisotopic (exact) mass is 369 g/mol. The average Bonchev–Trinajstić information content (AvgIpc) is 3.07. The summed E-state index contributed by atoms with van der Waals surface area (Å²) >= 11 is 3.33. The molecule has 0 aliphatic rings. The van der Waals surface area contributed by atoms with Gasteiger partial charge in [0.2, 0.25) is 0 Å². The van der Waals surface area contributed by atoms with Crippen molar-refractivity contribution in [2.45, 2.75) is 13.0 Å². The maximum Gasteiger partial charge on any atom is 0.191 e. The van der Waals surface area contributed by atoms with E-state index in [9.17, 15) is 0 Å². The first-order valence-electron chi connectivity index (χ1n) is 9.15. The minimum atomic E-state index is -2.72. The van der Waals surface area contributed by atoms with Crippen molar-refractivity contribution >= 4 is 26.8 Å². The second kappa shape index (κ2) is 5.88. The molecule has 3 rings (SSSR count). The molecule has 0 amide bonds. The Bertz CT molecular complexity index is 1010. The molecule has 8 heteroatoms. The van der Waals surface area contributed by atoms with Gasteiger partial charge in [0, 0.05) is 27.8 Å². The van der Waals surface area contributed by atoms with E-state index in [2.05, 4.69) is 36.0 Å². The van der Waals surface area contributed by atoms with E-state index in [0.717, 1.165) is 11.0 Å². The molecule has 1 unspecified atom stereocenters. The maximum atomic E-state index is 7.38. The van der Waals surface area contributed by atoms with Crippen molar-refractivity contribution < 1.29 is 17.7 Å². The molecule has 0 aliphatic heterocycles. The van der Waals surface area contributed by atoms with Crippen LogP contribution in [0.25, 0.3) is 10.9 Å². The van der Waals surface area contributed by atoms with Gasteiger partial charge in [-0.2, -0.15) is 5.10 Å². The number of ether oxygens (including phenoxy) is 2. The number of rotatable bonds is 4. The summed E-state index contributed by atoms with van der Waals surface area (Å²) in [6, 6.07) is 1.43. The van der Waals surface area contributed by atoms with Crippen molar-refractivity contribution in [2.24, 2.45) is 6.98 Å². The van der Waals surface area contributed by atoms with Crippen molar-refractivity contribution in [1.29, 1.82) is 0 Å². The Morgan fingerprint density at radius 1 is 1.41 bits per heavy atom. The van der Waals surface area contributed by atoms with Gasteiger partial charge in [0.05, 0.1) is 22.1 Å². The second-order valence-electron chi connectivity index (χ2n) is 4.38. The van der Waals surface area contributed by atoms with Crippen LogP contribution in [0.2, 0.25) is 0 Å². The molecule has 0 bridgehead atoms. The van der Waals surface area contributed by atoms with E-state index in [1.54, 1.807) is 6.92 Å². The lowest BCUT2D eigenvalue weighted by Gasteiger charge is -2.17. The van der Waals surface area contributed by atoms with E-state index in [-0.39, 0.29) is 17.3 Å². The molecule has 2 aromatic heterocycles. The van der Waals surface area contributed by atoms with Crippen molar-refractivity contribution in [3.63, 3.8) is 0 Å². The zero-order valence-electron chi connectivity index (χ0n) is 17.3. The number of fused-ring (bicyclic) bond motifs is 1. The predicted octanol–water partition coefficient (Wildman–Crippen LogP) is 2.67. The maximum absolute atomic E-state index is 7.38. The molecule has 114 valence electrons. The van der Waals surface area contributed by atoms with Gasteiger partial charge in [0.25, 0.3) is 0 Å². The third kappa shape index (κ3) is 2.61. The Morgan fingerprint density at radius 3 is 3.09 bits per heavy atom. The number of aromatic nitrogens is 5. The largest absolute Gasteiger partial charge is 0.493 e. The zero-order chi connectivity index (χ0) is 20.7. The summed E-state index contributed by atoms with van der Waals surface area (Å²) in [6.07, 6.45) is 3.05. The van der Waals surface area contributed by atoms with Crippen LogP contribution in [0.3, 0.4) is 0 Å². The molecule has 3 aromatic rings. The molecule has 0 saturated carbocycles. The normalized spacial score (nSPS) is 17.5. The molecule has 7 nitrogen and oxygen atoms in total. The van der Waals surface area contributed by atoms with Gasteiger partial charge < -0.3 is 9.47 Å². The van der Waals surface area contributed by atoms with Gasteiger partial charge in [-0.1, -0.05) is 0 Å². The first kappa shape index (κ1) is 9.04. The number of aryl methyl sites for hydroxylation is 1. The van der Waals surface area contributed by atoms with Crippen molar-refractivity contribution in [3.8, 4) is 11.5 Å². The van der Waals surface area contributed by atoms with E-state index in [1.807, 2.05) is 0 Å². The SMILES string of the molecule is [2H]C([2H])([2H])Oc1cc(Br)c2ncncc2c1OC(C)c1ncn(C([2H])([2H])[2H])n1. The summed E-state index contributed by atoms with van der Waals surface area (Å²) < 4.78 is 56.4. The summed E-state index contributed by atoms with van der Waals surface area (Å²) in [7, 11) is -2.72. The fourth-order valence-corrected chi connectivity index (χ4v) is 2.48. The summed E-state index contributed by atoms with van der Waals surface area (Å²) in [4.78, 5) is 12.1. The van der Waals surface area contributed by atoms with Crippen LogP contribution in [0.15, 0.2) is 29.4 Å². The molecule has 0 radical (unpaired) electrons. The number of hydrogen-bond donors (Lipinski definition) is 0. The Labute approximate surface area is 143 Å². The first-order chi connectivity index (χ1) is 13.0. The molecule has 1 atom stereocenters. The fraction of sp³-hybridized carbons (Fsp3) is 0.286. The molecule has 1 aromatic carbocycles. The van der Waals surface area contributed by atoms with Gasteiger partial charge in [-0.05, 0) is 22.9 Å². The van der Waals surface area contributed by atoms with Crippen LogP contribution < -0.4 is 9.47 Å². The Hall–Kier alpha value is -2.22. The second-order valence-corrected chi connectivity index (χ2v) is 5.23. The Balaban J connectivity index is 2.04. The highest BCUT2D eigenvalue weighted by Gasteiger charge is 2.19. The van der Waals surface area contributed by atoms with Crippen molar-refractivity contribution in [1.82, 2.24) is 24.7 Å². The minimum Gasteiger partial charge on any atom is -0.493 e. The van der Waals surface area contributed by atoms with E-state index < -0.39 is 20.1 Å². The third-order valence-electron chi connectivity index (χ3n) is 2.94. The standard InChI is InChI=1S/C14H14BrN5O2/c1-8(14-18-7-20(2)19-14)22-13-9-5-16-6-17-12(9)10(15)4-11(13)21-3/h4-8H,1-3H3/i2D3,3D3. The van der Waals surface area contributed by atoms with E-state index in [4.69, 9.17) is 17.7 Å². The van der Waals surface area contributed by atoms with Crippen LogP contribution in [0.5, 0.6) is 11.5 Å². The highest BCUT2D eigenvalue weighted by molar-refractivity contribution is 9.10. The highest BCUT2D eigenvalue weighted by Crippen LogP contribution is 2.40. The zero-order valence-corrected chi connectivity index (χ0v) is 12.9. The molecule has 22 heavy (non-hydrogen) atoms. The molecule has 0 saturated heterocycles. The summed E-state index contributed by atoms with van der Waals surface area (Å²) in [6.45, 7) is -0.880. The fourth-order valence-electron chi connectivity index (χ4n) is 1.96. The van der Waals surface area contributed by atoms with E-state index in [0.29, 0.717) is 15.4 Å². The van der Waals surface area contributed by atoms with Crippen LogP contribution in [0.4, 0.5) is 0 Å². The number of hydrogen-bond acceptors (Lipinski definition) is 6. The molecular formula is C14H14BrN5O2. The smallest absolute Gasteiger partial charge is 0.191 e. The lowest BCUT2D eigenvalue weighted by Crippen LogP contribution is -2.07. The average molecular weight is 370 g/mol. The minimum absolute atomic E-state index is 0.0590.